The number of amides is 1. The van der Waals surface area contributed by atoms with Gasteiger partial charge in [-0.1, -0.05) is 17.3 Å². The molecular formula is C18H26N4O4. The first-order valence-electron chi connectivity index (χ1n) is 8.71. The summed E-state index contributed by atoms with van der Waals surface area (Å²) in [6, 6.07) is 7.61. The molecule has 1 aromatic carbocycles. The van der Waals surface area contributed by atoms with Crippen LogP contribution in [0, 0.1) is 0 Å². The fraction of sp³-hybridized carbons (Fsp3) is 0.611. The van der Waals surface area contributed by atoms with Gasteiger partial charge in [0.15, 0.2) is 5.79 Å². The summed E-state index contributed by atoms with van der Waals surface area (Å²) in [7, 11) is 0. The van der Waals surface area contributed by atoms with Crippen molar-refractivity contribution in [2.24, 2.45) is 0 Å². The van der Waals surface area contributed by atoms with Gasteiger partial charge < -0.3 is 14.2 Å². The maximum Gasteiger partial charge on any atom is 0.411 e. The largest absolute Gasteiger partial charge is 0.444 e. The molecular weight excluding hydrogens is 336 g/mol. The van der Waals surface area contributed by atoms with Crippen LogP contribution in [0.5, 0.6) is 0 Å². The Hall–Kier alpha value is -2.19. The van der Waals surface area contributed by atoms with E-state index in [0.29, 0.717) is 13.2 Å². The summed E-state index contributed by atoms with van der Waals surface area (Å²) in [5.41, 5.74) is 1.04. The number of carbonyl (C=O) groups is 1. The van der Waals surface area contributed by atoms with Gasteiger partial charge in [-0.15, -0.1) is 5.10 Å². The number of hydrogen-bond donors (Lipinski definition) is 0. The Balaban J connectivity index is 1.79. The van der Waals surface area contributed by atoms with Gasteiger partial charge in [0.05, 0.1) is 18.7 Å². The zero-order chi connectivity index (χ0) is 18.9. The molecule has 1 amide bonds. The molecule has 0 radical (unpaired) electrons. The van der Waals surface area contributed by atoms with Crippen LogP contribution in [0.25, 0.3) is 11.0 Å². The van der Waals surface area contributed by atoms with Crippen LogP contribution in [0.1, 0.15) is 34.6 Å². The summed E-state index contributed by atoms with van der Waals surface area (Å²) in [5, 5.41) is 8.30. The van der Waals surface area contributed by atoms with E-state index in [2.05, 4.69) is 10.3 Å². The lowest BCUT2D eigenvalue weighted by molar-refractivity contribution is -0.140. The molecule has 0 aliphatic carbocycles. The number of fused-ring (bicyclic) bond motifs is 1. The minimum absolute atomic E-state index is 0.218. The highest BCUT2D eigenvalue weighted by molar-refractivity contribution is 5.74. The third-order valence-electron chi connectivity index (χ3n) is 3.87. The van der Waals surface area contributed by atoms with Crippen LogP contribution in [0.4, 0.5) is 4.79 Å². The molecule has 8 heteroatoms. The average molecular weight is 362 g/mol. The topological polar surface area (TPSA) is 78.7 Å². The van der Waals surface area contributed by atoms with Crippen LogP contribution in [0.3, 0.4) is 0 Å². The molecule has 1 fully saturated rings. The molecule has 1 aromatic heterocycles. The summed E-state index contributed by atoms with van der Waals surface area (Å²) >= 11 is 0. The van der Waals surface area contributed by atoms with Gasteiger partial charge in [-0.05, 0) is 46.8 Å². The second kappa shape index (κ2) is 6.85. The number of rotatable bonds is 4. The van der Waals surface area contributed by atoms with Gasteiger partial charge in [0.25, 0.3) is 0 Å². The van der Waals surface area contributed by atoms with Crippen molar-refractivity contribution in [2.45, 2.75) is 58.8 Å². The van der Waals surface area contributed by atoms with Crippen LogP contribution in [0.2, 0.25) is 0 Å². The van der Waals surface area contributed by atoms with E-state index in [0.717, 1.165) is 11.0 Å². The Kier molecular flexibility index (Phi) is 4.90. The minimum atomic E-state index is -0.649. The number of nitrogens with zero attached hydrogens (tertiary/aromatic N) is 4. The minimum Gasteiger partial charge on any atom is -0.444 e. The third-order valence-corrected chi connectivity index (χ3v) is 3.87. The van der Waals surface area contributed by atoms with Crippen molar-refractivity contribution in [3.05, 3.63) is 24.3 Å². The lowest BCUT2D eigenvalue weighted by atomic mass is 10.2. The molecule has 0 saturated carbocycles. The number of benzene rings is 1. The SMILES string of the molecule is CC(C)(C)OC(=O)N(CC1COC(C)(C)O1)Cn1nnc2ccccc21. The molecule has 0 N–H and O–H groups in total. The number of aromatic nitrogens is 3. The number of carbonyl (C=O) groups excluding carboxylic acids is 1. The molecule has 3 rings (SSSR count). The van der Waals surface area contributed by atoms with E-state index in [-0.39, 0.29) is 12.8 Å². The first kappa shape index (κ1) is 18.6. The zero-order valence-electron chi connectivity index (χ0n) is 15.9. The summed E-state index contributed by atoms with van der Waals surface area (Å²) in [5.74, 6) is -0.649. The van der Waals surface area contributed by atoms with Crippen LogP contribution < -0.4 is 0 Å². The fourth-order valence-electron chi connectivity index (χ4n) is 2.80. The highest BCUT2D eigenvalue weighted by Crippen LogP contribution is 2.24. The summed E-state index contributed by atoms with van der Waals surface area (Å²) in [6.07, 6.45) is -0.655. The van der Waals surface area contributed by atoms with Gasteiger partial charge >= 0.3 is 6.09 Å². The van der Waals surface area contributed by atoms with Crippen molar-refractivity contribution < 1.29 is 19.0 Å². The van der Waals surface area contributed by atoms with Crippen molar-refractivity contribution >= 4 is 17.1 Å². The Morgan fingerprint density at radius 3 is 2.77 bits per heavy atom. The molecule has 1 unspecified atom stereocenters. The number of ether oxygens (including phenoxy) is 3. The Labute approximate surface area is 153 Å². The van der Waals surface area contributed by atoms with Crippen molar-refractivity contribution in [3.8, 4) is 0 Å². The van der Waals surface area contributed by atoms with Gasteiger partial charge in [0, 0.05) is 0 Å². The molecule has 1 atom stereocenters. The average Bonchev–Trinajstić information content (AvgIpc) is 3.08. The first-order chi connectivity index (χ1) is 12.1. The Morgan fingerprint density at radius 1 is 1.38 bits per heavy atom. The molecule has 1 saturated heterocycles. The highest BCUT2D eigenvalue weighted by atomic mass is 16.7. The van der Waals surface area contributed by atoms with Crippen molar-refractivity contribution in [3.63, 3.8) is 0 Å². The van der Waals surface area contributed by atoms with Crippen molar-refractivity contribution in [1.29, 1.82) is 0 Å². The first-order valence-corrected chi connectivity index (χ1v) is 8.71. The van der Waals surface area contributed by atoms with E-state index < -0.39 is 17.5 Å². The van der Waals surface area contributed by atoms with E-state index in [1.54, 1.807) is 9.58 Å². The van der Waals surface area contributed by atoms with Gasteiger partial charge in [-0.3, -0.25) is 4.90 Å². The van der Waals surface area contributed by atoms with E-state index in [9.17, 15) is 4.79 Å². The summed E-state index contributed by atoms with van der Waals surface area (Å²) in [4.78, 5) is 14.3. The van der Waals surface area contributed by atoms with Crippen molar-refractivity contribution in [1.82, 2.24) is 19.9 Å². The molecule has 2 aromatic rings. The van der Waals surface area contributed by atoms with E-state index in [1.165, 1.54) is 0 Å². The molecule has 0 spiro atoms. The van der Waals surface area contributed by atoms with Crippen LogP contribution in [0.15, 0.2) is 24.3 Å². The van der Waals surface area contributed by atoms with Crippen LogP contribution in [-0.4, -0.2) is 56.6 Å². The molecule has 26 heavy (non-hydrogen) atoms. The molecule has 1 aliphatic heterocycles. The predicted octanol–water partition coefficient (Wildman–Crippen LogP) is 2.78. The van der Waals surface area contributed by atoms with Crippen LogP contribution in [-0.2, 0) is 20.9 Å². The molecule has 0 bridgehead atoms. The van der Waals surface area contributed by atoms with Gasteiger partial charge in [-0.2, -0.15) is 0 Å². The molecule has 2 heterocycles. The molecule has 8 nitrogen and oxygen atoms in total. The maximum absolute atomic E-state index is 12.7. The van der Waals surface area contributed by atoms with E-state index in [1.807, 2.05) is 58.9 Å². The van der Waals surface area contributed by atoms with Crippen LogP contribution >= 0.6 is 0 Å². The number of para-hydroxylation sites is 1. The monoisotopic (exact) mass is 362 g/mol. The second-order valence-electron chi connectivity index (χ2n) is 7.87. The number of hydrogen-bond acceptors (Lipinski definition) is 6. The third kappa shape index (κ3) is 4.50. The van der Waals surface area contributed by atoms with Gasteiger partial charge in [0.1, 0.15) is 23.9 Å². The lowest BCUT2D eigenvalue weighted by Crippen LogP contribution is -2.43. The maximum atomic E-state index is 12.7. The molecule has 1 aliphatic rings. The smallest absolute Gasteiger partial charge is 0.411 e. The normalized spacial score (nSPS) is 19.7. The van der Waals surface area contributed by atoms with E-state index in [4.69, 9.17) is 14.2 Å². The standard InChI is InChI=1S/C18H26N4O4/c1-17(2,3)26-16(23)21(10-13-11-24-18(4,5)25-13)12-22-15-9-7-6-8-14(15)19-20-22/h6-9,13H,10-12H2,1-5H3. The summed E-state index contributed by atoms with van der Waals surface area (Å²) in [6.45, 7) is 10.2. The highest BCUT2D eigenvalue weighted by Gasteiger charge is 2.35. The lowest BCUT2D eigenvalue weighted by Gasteiger charge is -2.29. The van der Waals surface area contributed by atoms with E-state index >= 15 is 0 Å². The predicted molar refractivity (Wildman–Crippen MR) is 95.4 cm³/mol. The fourth-order valence-corrected chi connectivity index (χ4v) is 2.80. The zero-order valence-corrected chi connectivity index (χ0v) is 15.9. The second-order valence-corrected chi connectivity index (χ2v) is 7.87. The van der Waals surface area contributed by atoms with Crippen molar-refractivity contribution in [2.75, 3.05) is 13.2 Å². The summed E-state index contributed by atoms with van der Waals surface area (Å²) < 4.78 is 18.7. The molecule has 142 valence electrons. The van der Waals surface area contributed by atoms with Gasteiger partial charge in [-0.25, -0.2) is 9.48 Å². The Bertz CT molecular complexity index is 781. The quantitative estimate of drug-likeness (QED) is 0.832. The van der Waals surface area contributed by atoms with Gasteiger partial charge in [0.2, 0.25) is 0 Å². The Morgan fingerprint density at radius 2 is 2.12 bits per heavy atom.